The molecule has 0 saturated carbocycles. The molecule has 128 valence electrons. The van der Waals surface area contributed by atoms with Gasteiger partial charge in [-0.25, -0.2) is 9.78 Å². The first-order valence-electron chi connectivity index (χ1n) is 8.54. The monoisotopic (exact) mass is 336 g/mol. The van der Waals surface area contributed by atoms with E-state index in [4.69, 9.17) is 10.00 Å². The summed E-state index contributed by atoms with van der Waals surface area (Å²) in [6, 6.07) is 8.62. The van der Waals surface area contributed by atoms with Crippen LogP contribution < -0.4 is 4.74 Å². The maximum absolute atomic E-state index is 11.8. The van der Waals surface area contributed by atoms with Gasteiger partial charge in [-0.05, 0) is 68.0 Å². The molecule has 1 aliphatic rings. The van der Waals surface area contributed by atoms with Gasteiger partial charge in [0.15, 0.2) is 0 Å². The number of nitriles is 1. The molecule has 1 N–H and O–H groups in total. The van der Waals surface area contributed by atoms with Gasteiger partial charge in [-0.1, -0.05) is 12.8 Å². The summed E-state index contributed by atoms with van der Waals surface area (Å²) >= 11 is 0. The molecule has 1 aromatic carbocycles. The standard InChI is InChI=1S/C20H20N2O3/c1-13-16-6-4-2-3-5-7-17(16)22-19(18(13)20(23)24)25-15-10-8-14(12-21)9-11-15/h8-11H,2-7H2,1H3,(H,23,24). The average Bonchev–Trinajstić information content (AvgIpc) is 2.57. The minimum atomic E-state index is -1.03. The highest BCUT2D eigenvalue weighted by Crippen LogP contribution is 2.32. The van der Waals surface area contributed by atoms with E-state index in [0.717, 1.165) is 42.5 Å². The first kappa shape index (κ1) is 17.0. The van der Waals surface area contributed by atoms with Crippen LogP contribution in [0.15, 0.2) is 24.3 Å². The van der Waals surface area contributed by atoms with E-state index in [1.54, 1.807) is 24.3 Å². The van der Waals surface area contributed by atoms with Crippen molar-refractivity contribution in [2.45, 2.75) is 45.4 Å². The van der Waals surface area contributed by atoms with Crippen LogP contribution in [0, 0.1) is 18.3 Å². The van der Waals surface area contributed by atoms with Gasteiger partial charge in [0.25, 0.3) is 0 Å². The number of hydrogen-bond acceptors (Lipinski definition) is 4. The van der Waals surface area contributed by atoms with E-state index < -0.39 is 5.97 Å². The SMILES string of the molecule is Cc1c2c(nc(Oc3ccc(C#N)cc3)c1C(=O)O)CCCCCC2. The van der Waals surface area contributed by atoms with Gasteiger partial charge in [0.2, 0.25) is 5.88 Å². The lowest BCUT2D eigenvalue weighted by Gasteiger charge is -2.19. The van der Waals surface area contributed by atoms with E-state index in [9.17, 15) is 9.90 Å². The van der Waals surface area contributed by atoms with Gasteiger partial charge < -0.3 is 9.84 Å². The molecule has 0 radical (unpaired) electrons. The molecule has 1 heterocycles. The van der Waals surface area contributed by atoms with Crippen LogP contribution in [-0.2, 0) is 12.8 Å². The lowest BCUT2D eigenvalue weighted by atomic mass is 9.92. The number of carboxylic acid groups (broad SMARTS) is 1. The number of rotatable bonds is 3. The topological polar surface area (TPSA) is 83.2 Å². The van der Waals surface area contributed by atoms with E-state index in [2.05, 4.69) is 4.98 Å². The highest BCUT2D eigenvalue weighted by Gasteiger charge is 2.23. The summed E-state index contributed by atoms with van der Waals surface area (Å²) in [6.07, 6.45) is 6.18. The van der Waals surface area contributed by atoms with Crippen molar-refractivity contribution in [1.29, 1.82) is 5.26 Å². The molecular weight excluding hydrogens is 316 g/mol. The summed E-state index contributed by atoms with van der Waals surface area (Å²) in [5, 5.41) is 18.5. The molecule has 25 heavy (non-hydrogen) atoms. The highest BCUT2D eigenvalue weighted by atomic mass is 16.5. The highest BCUT2D eigenvalue weighted by molar-refractivity contribution is 5.92. The molecule has 3 rings (SSSR count). The van der Waals surface area contributed by atoms with Crippen LogP contribution in [0.2, 0.25) is 0 Å². The maximum atomic E-state index is 11.8. The average molecular weight is 336 g/mol. The Morgan fingerprint density at radius 2 is 1.84 bits per heavy atom. The van der Waals surface area contributed by atoms with Crippen molar-refractivity contribution in [3.8, 4) is 17.7 Å². The summed E-state index contributed by atoms with van der Waals surface area (Å²) in [7, 11) is 0. The van der Waals surface area contributed by atoms with E-state index in [0.29, 0.717) is 11.3 Å². The van der Waals surface area contributed by atoms with E-state index in [1.165, 1.54) is 12.8 Å². The Hall–Kier alpha value is -2.87. The number of aromatic nitrogens is 1. The second-order valence-electron chi connectivity index (χ2n) is 6.30. The number of carboxylic acids is 1. The predicted octanol–water partition coefficient (Wildman–Crippen LogP) is 4.41. The van der Waals surface area contributed by atoms with Gasteiger partial charge in [0.05, 0.1) is 11.6 Å². The Morgan fingerprint density at radius 3 is 2.48 bits per heavy atom. The Morgan fingerprint density at radius 1 is 1.16 bits per heavy atom. The largest absolute Gasteiger partial charge is 0.477 e. The second kappa shape index (κ2) is 7.35. The molecule has 0 fully saturated rings. The quantitative estimate of drug-likeness (QED) is 0.897. The lowest BCUT2D eigenvalue weighted by Crippen LogP contribution is -2.13. The molecule has 1 aromatic heterocycles. The van der Waals surface area contributed by atoms with Crippen molar-refractivity contribution in [3.05, 3.63) is 52.2 Å². The second-order valence-corrected chi connectivity index (χ2v) is 6.30. The summed E-state index contributed by atoms with van der Waals surface area (Å²) in [5.74, 6) is -0.424. The normalized spacial score (nSPS) is 13.9. The molecule has 5 heteroatoms. The molecule has 0 aliphatic heterocycles. The number of ether oxygens (including phenoxy) is 1. The predicted molar refractivity (Wildman–Crippen MR) is 93.0 cm³/mol. The third-order valence-corrected chi connectivity index (χ3v) is 4.63. The fourth-order valence-corrected chi connectivity index (χ4v) is 3.29. The fourth-order valence-electron chi connectivity index (χ4n) is 3.29. The molecule has 0 atom stereocenters. The van der Waals surface area contributed by atoms with Crippen LogP contribution in [0.3, 0.4) is 0 Å². The van der Waals surface area contributed by atoms with Crippen LogP contribution in [0.1, 0.15) is 58.4 Å². The number of pyridine rings is 1. The van der Waals surface area contributed by atoms with Gasteiger partial charge in [-0.2, -0.15) is 5.26 Å². The molecule has 1 aliphatic carbocycles. The van der Waals surface area contributed by atoms with E-state index >= 15 is 0 Å². The first-order valence-corrected chi connectivity index (χ1v) is 8.54. The van der Waals surface area contributed by atoms with Crippen molar-refractivity contribution >= 4 is 5.97 Å². The van der Waals surface area contributed by atoms with Crippen molar-refractivity contribution in [3.63, 3.8) is 0 Å². The molecule has 0 bridgehead atoms. The van der Waals surface area contributed by atoms with Gasteiger partial charge in [-0.3, -0.25) is 0 Å². The number of benzene rings is 1. The third kappa shape index (κ3) is 3.63. The van der Waals surface area contributed by atoms with Gasteiger partial charge in [-0.15, -0.1) is 0 Å². The zero-order valence-corrected chi connectivity index (χ0v) is 14.2. The van der Waals surface area contributed by atoms with Crippen LogP contribution in [0.5, 0.6) is 11.6 Å². The molecule has 0 spiro atoms. The van der Waals surface area contributed by atoms with Gasteiger partial charge in [0, 0.05) is 5.69 Å². The molecule has 0 unspecified atom stereocenters. The zero-order valence-electron chi connectivity index (χ0n) is 14.2. The summed E-state index contributed by atoms with van der Waals surface area (Å²) in [5.41, 5.74) is 3.41. The number of aromatic carboxylic acids is 1. The van der Waals surface area contributed by atoms with Crippen molar-refractivity contribution in [1.82, 2.24) is 4.98 Å². The number of nitrogens with zero attached hydrogens (tertiary/aromatic N) is 2. The van der Waals surface area contributed by atoms with Crippen LogP contribution in [0.25, 0.3) is 0 Å². The first-order chi connectivity index (χ1) is 12.1. The summed E-state index contributed by atoms with van der Waals surface area (Å²) in [6.45, 7) is 1.84. The summed E-state index contributed by atoms with van der Waals surface area (Å²) < 4.78 is 5.79. The van der Waals surface area contributed by atoms with Crippen molar-refractivity contribution in [2.24, 2.45) is 0 Å². The maximum Gasteiger partial charge on any atom is 0.341 e. The Balaban J connectivity index is 2.04. The van der Waals surface area contributed by atoms with E-state index in [1.807, 2.05) is 13.0 Å². The van der Waals surface area contributed by atoms with Crippen LogP contribution >= 0.6 is 0 Å². The molecular formula is C20H20N2O3. The van der Waals surface area contributed by atoms with Gasteiger partial charge in [0.1, 0.15) is 11.3 Å². The smallest absolute Gasteiger partial charge is 0.341 e. The minimum Gasteiger partial charge on any atom is -0.477 e. The number of aryl methyl sites for hydroxylation is 1. The zero-order chi connectivity index (χ0) is 17.8. The third-order valence-electron chi connectivity index (χ3n) is 4.63. The molecule has 2 aromatic rings. The fraction of sp³-hybridized carbons (Fsp3) is 0.350. The Bertz CT molecular complexity index is 836. The number of fused-ring (bicyclic) bond motifs is 1. The molecule has 0 amide bonds. The van der Waals surface area contributed by atoms with Crippen molar-refractivity contribution in [2.75, 3.05) is 0 Å². The Kier molecular flexibility index (Phi) is 4.99. The minimum absolute atomic E-state index is 0.128. The van der Waals surface area contributed by atoms with Crippen LogP contribution in [-0.4, -0.2) is 16.1 Å². The summed E-state index contributed by atoms with van der Waals surface area (Å²) in [4.78, 5) is 16.4. The lowest BCUT2D eigenvalue weighted by molar-refractivity contribution is 0.0692. The Labute approximate surface area is 146 Å². The molecule has 5 nitrogen and oxygen atoms in total. The number of carbonyl (C=O) groups is 1. The number of hydrogen-bond donors (Lipinski definition) is 1. The van der Waals surface area contributed by atoms with Crippen molar-refractivity contribution < 1.29 is 14.6 Å². The van der Waals surface area contributed by atoms with Crippen LogP contribution in [0.4, 0.5) is 0 Å². The molecule has 0 saturated heterocycles. The van der Waals surface area contributed by atoms with E-state index in [-0.39, 0.29) is 11.4 Å². The van der Waals surface area contributed by atoms with Gasteiger partial charge >= 0.3 is 5.97 Å².